The number of ether oxygens (including phenoxy) is 3. The number of halogens is 1. The normalized spacial score (nSPS) is 16.9. The molecule has 1 unspecified atom stereocenters. The zero-order chi connectivity index (χ0) is 32.6. The highest BCUT2D eigenvalue weighted by Crippen LogP contribution is 2.37. The number of anilines is 2. The summed E-state index contributed by atoms with van der Waals surface area (Å²) in [6.07, 6.45) is 12.5. The van der Waals surface area contributed by atoms with Crippen molar-refractivity contribution >= 4 is 17.2 Å². The van der Waals surface area contributed by atoms with Crippen molar-refractivity contribution in [2.75, 3.05) is 18.5 Å². The molecule has 3 aromatic rings. The topological polar surface area (TPSA) is 96.2 Å². The lowest BCUT2D eigenvalue weighted by Crippen LogP contribution is -2.30. The molecule has 10 heteroatoms. The van der Waals surface area contributed by atoms with Gasteiger partial charge in [0.05, 0.1) is 18.9 Å². The third kappa shape index (κ3) is 8.09. The smallest absolute Gasteiger partial charge is 0.222 e. The number of nitrogens with zero attached hydrogens (tertiary/aromatic N) is 5. The summed E-state index contributed by atoms with van der Waals surface area (Å²) in [5.41, 5.74) is 1.06. The molecule has 3 aromatic heterocycles. The summed E-state index contributed by atoms with van der Waals surface area (Å²) < 4.78 is 36.7. The van der Waals surface area contributed by atoms with E-state index in [1.165, 1.54) is 0 Å². The Bertz CT molecular complexity index is 1530. The molecule has 4 bridgehead atoms. The van der Waals surface area contributed by atoms with Gasteiger partial charge in [0.15, 0.2) is 11.5 Å². The predicted molar refractivity (Wildman–Crippen MR) is 177 cm³/mol. The minimum absolute atomic E-state index is 0.122. The first-order chi connectivity index (χ1) is 21.6. The highest BCUT2D eigenvalue weighted by molar-refractivity contribution is 5.81. The lowest BCUT2D eigenvalue weighted by Gasteiger charge is -2.28. The van der Waals surface area contributed by atoms with Gasteiger partial charge in [-0.25, -0.2) is 24.0 Å². The van der Waals surface area contributed by atoms with Gasteiger partial charge in [-0.2, -0.15) is 5.10 Å². The number of hydrogen-bond acceptors (Lipinski definition) is 8. The third-order valence-electron chi connectivity index (χ3n) is 8.14. The predicted octanol–water partition coefficient (Wildman–Crippen LogP) is 8.39. The Labute approximate surface area is 266 Å². The molecule has 0 fully saturated rings. The standard InChI is InChI=1S/C35H47FN6O3/c1-9-15-35(36,23(5)6)22-44-29(18-25(10-2)11-3)26(12-4)27-20-38-32-19-30(27)45-24(7)14-17-43-34-28(21-39-42(34)8)33-37-16-13-31(40-32)41-33/h12-13,16,18-21,24-25H,5,9-11,14-15,17,22H2,1-4,6-8H3,(H,37,38,40,41)/b26-12-,29-18+/t24-,35?/m0/s1. The summed E-state index contributed by atoms with van der Waals surface area (Å²) >= 11 is 0. The quantitative estimate of drug-likeness (QED) is 0.130. The van der Waals surface area contributed by atoms with Crippen LogP contribution in [0.2, 0.25) is 0 Å². The van der Waals surface area contributed by atoms with E-state index in [0.29, 0.717) is 71.9 Å². The lowest BCUT2D eigenvalue weighted by molar-refractivity contribution is 0.0733. The number of pyridine rings is 1. The maximum Gasteiger partial charge on any atom is 0.222 e. The van der Waals surface area contributed by atoms with Gasteiger partial charge >= 0.3 is 0 Å². The molecule has 242 valence electrons. The number of aryl methyl sites for hydroxylation is 1. The van der Waals surface area contributed by atoms with Crippen LogP contribution in [0, 0.1) is 5.92 Å². The first kappa shape index (κ1) is 33.7. The molecule has 0 spiro atoms. The Hall–Kier alpha value is -4.21. The van der Waals surface area contributed by atoms with E-state index in [0.717, 1.165) is 24.0 Å². The molecule has 1 aliphatic heterocycles. The molecule has 0 saturated carbocycles. The second-order valence-electron chi connectivity index (χ2n) is 11.6. The van der Waals surface area contributed by atoms with Gasteiger partial charge < -0.3 is 19.5 Å². The van der Waals surface area contributed by atoms with Gasteiger partial charge in [-0.3, -0.25) is 0 Å². The largest absolute Gasteiger partial charge is 0.490 e. The van der Waals surface area contributed by atoms with Gasteiger partial charge in [-0.1, -0.05) is 39.8 Å². The van der Waals surface area contributed by atoms with Crippen LogP contribution in [-0.4, -0.2) is 49.7 Å². The van der Waals surface area contributed by atoms with Crippen LogP contribution >= 0.6 is 0 Å². The first-order valence-electron chi connectivity index (χ1n) is 15.9. The number of fused-ring (bicyclic) bond motifs is 6. The Balaban J connectivity index is 1.76. The SMILES string of the molecule is C=C(C)C(F)(CCC)COC(=C/C(CC)CC)/C(=C\C)c1cnc2cc1O[C@@H](C)CCOc1c(cnn1C)-c1nccc(n1)N2. The highest BCUT2D eigenvalue weighted by Gasteiger charge is 2.32. The Kier molecular flexibility index (Phi) is 11.4. The Morgan fingerprint density at radius 1 is 1.24 bits per heavy atom. The summed E-state index contributed by atoms with van der Waals surface area (Å²) in [6.45, 7) is 16.1. The van der Waals surface area contributed by atoms with Crippen molar-refractivity contribution in [3.05, 3.63) is 66.3 Å². The van der Waals surface area contributed by atoms with Crippen molar-refractivity contribution < 1.29 is 18.6 Å². The average Bonchev–Trinajstić information content (AvgIpc) is 3.39. The molecule has 4 rings (SSSR count). The van der Waals surface area contributed by atoms with Crippen molar-refractivity contribution in [1.29, 1.82) is 0 Å². The third-order valence-corrected chi connectivity index (χ3v) is 8.14. The maximum absolute atomic E-state index is 16.0. The fourth-order valence-corrected chi connectivity index (χ4v) is 5.22. The van der Waals surface area contributed by atoms with Crippen molar-refractivity contribution in [2.45, 2.75) is 85.4 Å². The number of hydrogen-bond donors (Lipinski definition) is 1. The fraction of sp³-hybridized carbons (Fsp3) is 0.486. The molecule has 1 aliphatic rings. The maximum atomic E-state index is 16.0. The van der Waals surface area contributed by atoms with E-state index in [2.05, 4.69) is 41.9 Å². The molecule has 0 aromatic carbocycles. The highest BCUT2D eigenvalue weighted by atomic mass is 19.1. The minimum atomic E-state index is -1.63. The van der Waals surface area contributed by atoms with E-state index in [1.54, 1.807) is 36.3 Å². The van der Waals surface area contributed by atoms with E-state index in [4.69, 9.17) is 24.2 Å². The first-order valence-corrected chi connectivity index (χ1v) is 15.9. The van der Waals surface area contributed by atoms with Crippen LogP contribution in [0.15, 0.2) is 60.8 Å². The molecule has 9 nitrogen and oxygen atoms in total. The van der Waals surface area contributed by atoms with Crippen LogP contribution in [-0.2, 0) is 11.8 Å². The summed E-state index contributed by atoms with van der Waals surface area (Å²) in [6, 6.07) is 3.63. The van der Waals surface area contributed by atoms with Gasteiger partial charge in [-0.05, 0) is 63.7 Å². The van der Waals surface area contributed by atoms with Gasteiger partial charge in [0.1, 0.15) is 35.3 Å². The molecule has 2 atom stereocenters. The number of alkyl halides is 1. The number of aromatic nitrogens is 5. The van der Waals surface area contributed by atoms with Crippen LogP contribution in [0.1, 0.15) is 79.2 Å². The molecular weight excluding hydrogens is 571 g/mol. The zero-order valence-electron chi connectivity index (χ0n) is 27.7. The van der Waals surface area contributed by atoms with Crippen LogP contribution in [0.3, 0.4) is 0 Å². The molecular formula is C35H47FN6O3. The Morgan fingerprint density at radius 2 is 2.02 bits per heavy atom. The summed E-state index contributed by atoms with van der Waals surface area (Å²) in [5.74, 6) is 3.66. The average molecular weight is 619 g/mol. The van der Waals surface area contributed by atoms with Crippen LogP contribution in [0.5, 0.6) is 11.6 Å². The molecule has 0 radical (unpaired) electrons. The monoisotopic (exact) mass is 618 g/mol. The number of allylic oxidation sites excluding steroid dienone is 3. The van der Waals surface area contributed by atoms with Gasteiger partial charge in [-0.15, -0.1) is 0 Å². The zero-order valence-corrected chi connectivity index (χ0v) is 27.7. The van der Waals surface area contributed by atoms with Gasteiger partial charge in [0.2, 0.25) is 5.88 Å². The van der Waals surface area contributed by atoms with E-state index in [1.807, 2.05) is 40.0 Å². The van der Waals surface area contributed by atoms with Crippen molar-refractivity contribution in [1.82, 2.24) is 24.7 Å². The van der Waals surface area contributed by atoms with Crippen molar-refractivity contribution in [2.24, 2.45) is 13.0 Å². The van der Waals surface area contributed by atoms with Crippen LogP contribution in [0.25, 0.3) is 17.0 Å². The molecule has 0 amide bonds. The molecule has 0 saturated heterocycles. The summed E-state index contributed by atoms with van der Waals surface area (Å²) in [4.78, 5) is 13.9. The van der Waals surface area contributed by atoms with E-state index in [9.17, 15) is 0 Å². The molecule has 45 heavy (non-hydrogen) atoms. The summed E-state index contributed by atoms with van der Waals surface area (Å²) in [5, 5.41) is 7.65. The van der Waals surface area contributed by atoms with E-state index >= 15 is 4.39 Å². The second-order valence-corrected chi connectivity index (χ2v) is 11.6. The van der Waals surface area contributed by atoms with Crippen molar-refractivity contribution in [3.8, 4) is 23.0 Å². The van der Waals surface area contributed by atoms with Crippen LogP contribution < -0.4 is 14.8 Å². The second kappa shape index (κ2) is 15.2. The molecule has 0 aliphatic carbocycles. The Morgan fingerprint density at radius 3 is 2.71 bits per heavy atom. The van der Waals surface area contributed by atoms with Crippen LogP contribution in [0.4, 0.5) is 16.0 Å². The lowest BCUT2D eigenvalue weighted by atomic mass is 9.93. The summed E-state index contributed by atoms with van der Waals surface area (Å²) in [7, 11) is 1.82. The van der Waals surface area contributed by atoms with Gasteiger partial charge in [0, 0.05) is 43.1 Å². The minimum Gasteiger partial charge on any atom is -0.490 e. The van der Waals surface area contributed by atoms with Gasteiger partial charge in [0.25, 0.3) is 0 Å². The van der Waals surface area contributed by atoms with Crippen molar-refractivity contribution in [3.63, 3.8) is 0 Å². The molecule has 1 N–H and O–H groups in total. The fourth-order valence-electron chi connectivity index (χ4n) is 5.22. The number of rotatable bonds is 11. The van der Waals surface area contributed by atoms with E-state index < -0.39 is 5.67 Å². The van der Waals surface area contributed by atoms with E-state index in [-0.39, 0.29) is 18.6 Å². The number of nitrogens with one attached hydrogen (secondary N) is 1. The molecule has 4 heterocycles.